The summed E-state index contributed by atoms with van der Waals surface area (Å²) in [6.07, 6.45) is 2.05. The molecular formula is C12H12ClNO. The van der Waals surface area contributed by atoms with Gasteiger partial charge in [-0.25, -0.2) is 0 Å². The quantitative estimate of drug-likeness (QED) is 0.814. The van der Waals surface area contributed by atoms with Crippen molar-refractivity contribution in [3.63, 3.8) is 0 Å². The van der Waals surface area contributed by atoms with E-state index in [4.69, 9.17) is 11.6 Å². The van der Waals surface area contributed by atoms with Crippen LogP contribution in [0.5, 0.6) is 0 Å². The molecule has 1 saturated carbocycles. The Morgan fingerprint density at radius 1 is 1.40 bits per heavy atom. The summed E-state index contributed by atoms with van der Waals surface area (Å²) in [5, 5.41) is 3.69. The van der Waals surface area contributed by atoms with E-state index in [9.17, 15) is 4.79 Å². The van der Waals surface area contributed by atoms with E-state index >= 15 is 0 Å². The third-order valence-corrected chi connectivity index (χ3v) is 3.84. The number of carbonyl (C=O) groups is 1. The Balaban J connectivity index is 1.77. The highest BCUT2D eigenvalue weighted by Crippen LogP contribution is 2.57. The van der Waals surface area contributed by atoms with Crippen LogP contribution in [0, 0.1) is 11.3 Å². The number of rotatable bonds is 2. The first-order chi connectivity index (χ1) is 7.20. The molecule has 1 heterocycles. The third kappa shape index (κ3) is 1.44. The van der Waals surface area contributed by atoms with Crippen LogP contribution >= 0.6 is 11.6 Å². The Labute approximate surface area is 93.6 Å². The van der Waals surface area contributed by atoms with Crippen LogP contribution in [0.3, 0.4) is 0 Å². The van der Waals surface area contributed by atoms with E-state index in [1.807, 2.05) is 12.1 Å². The van der Waals surface area contributed by atoms with Gasteiger partial charge in [0.2, 0.25) is 5.91 Å². The average Bonchev–Trinajstić information content (AvgIpc) is 2.86. The summed E-state index contributed by atoms with van der Waals surface area (Å²) < 4.78 is 0. The van der Waals surface area contributed by atoms with E-state index in [0.29, 0.717) is 0 Å². The van der Waals surface area contributed by atoms with Crippen molar-refractivity contribution >= 4 is 17.5 Å². The van der Waals surface area contributed by atoms with Gasteiger partial charge in [-0.3, -0.25) is 4.79 Å². The van der Waals surface area contributed by atoms with E-state index in [1.54, 1.807) is 0 Å². The fraction of sp³-hybridized carbons (Fsp3) is 0.417. The number of fused-ring (bicyclic) bond motifs is 1. The van der Waals surface area contributed by atoms with Crippen LogP contribution in [0.2, 0.25) is 5.02 Å². The zero-order valence-corrected chi connectivity index (χ0v) is 9.05. The maximum Gasteiger partial charge on any atom is 0.223 e. The first-order valence-corrected chi connectivity index (χ1v) is 5.60. The number of nitrogens with one attached hydrogen (secondary N) is 1. The van der Waals surface area contributed by atoms with Gasteiger partial charge in [-0.15, -0.1) is 0 Å². The predicted octanol–water partition coefficient (Wildman–Crippen LogP) is 2.02. The molecule has 78 valence electrons. The van der Waals surface area contributed by atoms with Gasteiger partial charge in [0.1, 0.15) is 0 Å². The van der Waals surface area contributed by atoms with Crippen molar-refractivity contribution in [2.24, 2.45) is 11.3 Å². The summed E-state index contributed by atoms with van der Waals surface area (Å²) in [6, 6.07) is 7.93. The number of carbonyl (C=O) groups excluding carboxylic acids is 1. The maximum atomic E-state index is 11.3. The first kappa shape index (κ1) is 9.22. The molecule has 0 bridgehead atoms. The van der Waals surface area contributed by atoms with E-state index < -0.39 is 0 Å². The first-order valence-electron chi connectivity index (χ1n) is 5.22. The van der Waals surface area contributed by atoms with Gasteiger partial charge in [0.05, 0.1) is 0 Å². The molecule has 2 atom stereocenters. The highest BCUT2D eigenvalue weighted by Gasteiger charge is 2.61. The molecule has 0 radical (unpaired) electrons. The number of hydrogen-bond donors (Lipinski definition) is 1. The Hall–Kier alpha value is -1.02. The second kappa shape index (κ2) is 2.99. The Morgan fingerprint density at radius 3 is 2.67 bits per heavy atom. The van der Waals surface area contributed by atoms with Crippen LogP contribution in [-0.2, 0) is 11.2 Å². The van der Waals surface area contributed by atoms with Gasteiger partial charge in [0.15, 0.2) is 0 Å². The minimum Gasteiger partial charge on any atom is -0.355 e. The second-order valence-electron chi connectivity index (χ2n) is 4.64. The van der Waals surface area contributed by atoms with Gasteiger partial charge in [-0.05, 0) is 30.5 Å². The second-order valence-corrected chi connectivity index (χ2v) is 5.08. The normalized spacial score (nSPS) is 32.3. The lowest BCUT2D eigenvalue weighted by Gasteiger charge is -2.10. The molecule has 1 aromatic carbocycles. The van der Waals surface area contributed by atoms with E-state index in [2.05, 4.69) is 17.4 Å². The van der Waals surface area contributed by atoms with Gasteiger partial charge >= 0.3 is 0 Å². The van der Waals surface area contributed by atoms with Crippen LogP contribution in [0.1, 0.15) is 12.0 Å². The number of amides is 1. The van der Waals surface area contributed by atoms with Crippen LogP contribution in [0.4, 0.5) is 0 Å². The van der Waals surface area contributed by atoms with Gasteiger partial charge < -0.3 is 5.32 Å². The highest BCUT2D eigenvalue weighted by molar-refractivity contribution is 6.30. The fourth-order valence-electron chi connectivity index (χ4n) is 2.57. The molecule has 2 nitrogen and oxygen atoms in total. The highest BCUT2D eigenvalue weighted by atomic mass is 35.5. The molecular weight excluding hydrogens is 210 g/mol. The third-order valence-electron chi connectivity index (χ3n) is 3.59. The van der Waals surface area contributed by atoms with Crippen LogP contribution in [-0.4, -0.2) is 12.5 Å². The van der Waals surface area contributed by atoms with Gasteiger partial charge in [-0.2, -0.15) is 0 Å². The predicted molar refractivity (Wildman–Crippen MR) is 58.7 cm³/mol. The van der Waals surface area contributed by atoms with E-state index in [-0.39, 0.29) is 17.2 Å². The van der Waals surface area contributed by atoms with Crippen molar-refractivity contribution in [2.45, 2.75) is 12.8 Å². The minimum atomic E-state index is 0.227. The van der Waals surface area contributed by atoms with E-state index in [0.717, 1.165) is 24.4 Å². The average molecular weight is 222 g/mol. The molecule has 15 heavy (non-hydrogen) atoms. The summed E-state index contributed by atoms with van der Waals surface area (Å²) in [5.74, 6) is 0.511. The van der Waals surface area contributed by atoms with Crippen LogP contribution in [0.25, 0.3) is 0 Å². The number of piperidine rings is 1. The lowest BCUT2D eigenvalue weighted by Crippen LogP contribution is -2.21. The minimum absolute atomic E-state index is 0.227. The van der Waals surface area contributed by atoms with Gasteiger partial charge in [-0.1, -0.05) is 23.7 Å². The maximum absolute atomic E-state index is 11.3. The summed E-state index contributed by atoms with van der Waals surface area (Å²) in [7, 11) is 0. The molecule has 2 aliphatic rings. The molecule has 1 amide bonds. The lowest BCUT2D eigenvalue weighted by molar-refractivity contribution is -0.120. The van der Waals surface area contributed by atoms with Gasteiger partial charge in [0, 0.05) is 22.9 Å². The smallest absolute Gasteiger partial charge is 0.223 e. The monoisotopic (exact) mass is 221 g/mol. The van der Waals surface area contributed by atoms with Crippen LogP contribution < -0.4 is 5.32 Å². The molecule has 1 aliphatic heterocycles. The molecule has 0 spiro atoms. The van der Waals surface area contributed by atoms with Crippen molar-refractivity contribution in [1.29, 1.82) is 0 Å². The van der Waals surface area contributed by atoms with E-state index in [1.165, 1.54) is 5.56 Å². The SMILES string of the molecule is O=C1NCC2(Cc3ccc(Cl)cc3)CC12. The van der Waals surface area contributed by atoms with Crippen molar-refractivity contribution in [3.8, 4) is 0 Å². The number of halogens is 1. The molecule has 1 N–H and O–H groups in total. The zero-order valence-electron chi connectivity index (χ0n) is 8.29. The van der Waals surface area contributed by atoms with Crippen molar-refractivity contribution < 1.29 is 4.79 Å². The summed E-state index contributed by atoms with van der Waals surface area (Å²) >= 11 is 5.83. The molecule has 3 rings (SSSR count). The Kier molecular flexibility index (Phi) is 1.84. The fourth-order valence-corrected chi connectivity index (χ4v) is 2.69. The van der Waals surface area contributed by atoms with Crippen LogP contribution in [0.15, 0.2) is 24.3 Å². The number of hydrogen-bond acceptors (Lipinski definition) is 1. The van der Waals surface area contributed by atoms with Crippen molar-refractivity contribution in [1.82, 2.24) is 5.32 Å². The molecule has 2 fully saturated rings. The standard InChI is InChI=1S/C12H12ClNO/c13-9-3-1-8(2-4-9)5-12-6-10(12)11(15)14-7-12/h1-4,10H,5-7H2,(H,14,15). The lowest BCUT2D eigenvalue weighted by atomic mass is 9.96. The molecule has 1 aromatic rings. The van der Waals surface area contributed by atoms with Crippen molar-refractivity contribution in [2.75, 3.05) is 6.54 Å². The molecule has 1 saturated heterocycles. The van der Waals surface area contributed by atoms with Crippen molar-refractivity contribution in [3.05, 3.63) is 34.9 Å². The number of benzene rings is 1. The zero-order chi connectivity index (χ0) is 10.5. The summed E-state index contributed by atoms with van der Waals surface area (Å²) in [4.78, 5) is 11.3. The molecule has 0 aromatic heterocycles. The Morgan fingerprint density at radius 2 is 2.13 bits per heavy atom. The largest absolute Gasteiger partial charge is 0.355 e. The summed E-state index contributed by atoms with van der Waals surface area (Å²) in [6.45, 7) is 0.846. The summed E-state index contributed by atoms with van der Waals surface area (Å²) in [5.41, 5.74) is 1.50. The molecule has 1 aliphatic carbocycles. The van der Waals surface area contributed by atoms with Gasteiger partial charge in [0.25, 0.3) is 0 Å². The molecule has 3 heteroatoms. The topological polar surface area (TPSA) is 29.1 Å². The Bertz CT molecular complexity index is 414. The molecule has 2 unspecified atom stereocenters.